The van der Waals surface area contributed by atoms with E-state index in [2.05, 4.69) is 0 Å². The van der Waals surface area contributed by atoms with E-state index in [1.54, 1.807) is 35.6 Å². The van der Waals surface area contributed by atoms with Crippen LogP contribution in [0.2, 0.25) is 5.02 Å². The zero-order chi connectivity index (χ0) is 24.9. The molecule has 0 spiro atoms. The second kappa shape index (κ2) is 10.8. The Kier molecular flexibility index (Phi) is 8.12. The fourth-order valence-electron chi connectivity index (χ4n) is 4.03. The van der Waals surface area contributed by atoms with Gasteiger partial charge in [0.1, 0.15) is 6.04 Å². The number of halogens is 1. The molecule has 0 unspecified atom stereocenters. The summed E-state index contributed by atoms with van der Waals surface area (Å²) >= 11 is 7.60. The average Bonchev–Trinajstić information content (AvgIpc) is 3.32. The van der Waals surface area contributed by atoms with Gasteiger partial charge in [0, 0.05) is 27.4 Å². The number of carboxylic acids is 1. The van der Waals surface area contributed by atoms with Gasteiger partial charge in [-0.05, 0) is 73.5 Å². The highest BCUT2D eigenvalue weighted by Crippen LogP contribution is 2.30. The van der Waals surface area contributed by atoms with Gasteiger partial charge in [-0.3, -0.25) is 9.59 Å². The highest BCUT2D eigenvalue weighted by molar-refractivity contribution is 7.13. The predicted molar refractivity (Wildman–Crippen MR) is 135 cm³/mol. The molecule has 8 heteroatoms. The number of hydrogen-bond acceptors (Lipinski definition) is 4. The molecule has 0 bridgehead atoms. The topological polar surface area (TPSA) is 101 Å². The molecule has 1 aromatic heterocycles. The molecule has 2 aromatic carbocycles. The lowest BCUT2D eigenvalue weighted by molar-refractivity contribution is -0.144. The normalized spacial score (nSPS) is 12.2. The number of carbonyl (C=O) groups is 3. The lowest BCUT2D eigenvalue weighted by Crippen LogP contribution is -2.57. The van der Waals surface area contributed by atoms with Crippen LogP contribution in [0.4, 0.5) is 0 Å². The second-order valence-corrected chi connectivity index (χ2v) is 10.1. The summed E-state index contributed by atoms with van der Waals surface area (Å²) in [6.45, 7) is 3.64. The van der Waals surface area contributed by atoms with E-state index in [-0.39, 0.29) is 12.8 Å². The van der Waals surface area contributed by atoms with Crippen LogP contribution in [0.1, 0.15) is 42.6 Å². The van der Waals surface area contributed by atoms with Crippen LogP contribution >= 0.6 is 22.9 Å². The van der Waals surface area contributed by atoms with Crippen LogP contribution < -0.4 is 5.73 Å². The zero-order valence-electron chi connectivity index (χ0n) is 19.0. The van der Waals surface area contributed by atoms with E-state index >= 15 is 0 Å². The molecule has 178 valence electrons. The molecule has 6 nitrogen and oxygen atoms in total. The molecule has 3 N–H and O–H groups in total. The Bertz CT molecular complexity index is 1140. The third kappa shape index (κ3) is 6.24. The van der Waals surface area contributed by atoms with Gasteiger partial charge in [-0.15, -0.1) is 11.3 Å². The van der Waals surface area contributed by atoms with Gasteiger partial charge < -0.3 is 15.7 Å². The van der Waals surface area contributed by atoms with Crippen molar-refractivity contribution in [2.75, 3.05) is 0 Å². The summed E-state index contributed by atoms with van der Waals surface area (Å²) in [5, 5.41) is 12.6. The first kappa shape index (κ1) is 25.5. The van der Waals surface area contributed by atoms with Gasteiger partial charge >= 0.3 is 5.97 Å². The first-order chi connectivity index (χ1) is 16.1. The second-order valence-electron chi connectivity index (χ2n) is 8.70. The van der Waals surface area contributed by atoms with E-state index in [4.69, 9.17) is 17.3 Å². The van der Waals surface area contributed by atoms with E-state index < -0.39 is 29.4 Å². The molecule has 0 saturated heterocycles. The fraction of sp³-hybridized carbons (Fsp3) is 0.269. The third-order valence-corrected chi connectivity index (χ3v) is 6.79. The van der Waals surface area contributed by atoms with Gasteiger partial charge in [0.2, 0.25) is 5.91 Å². The smallest absolute Gasteiger partial charge is 0.326 e. The van der Waals surface area contributed by atoms with Gasteiger partial charge in [-0.2, -0.15) is 0 Å². The molecule has 0 saturated carbocycles. The number of primary amides is 1. The molecule has 1 atom stereocenters. The Labute approximate surface area is 208 Å². The van der Waals surface area contributed by atoms with Crippen molar-refractivity contribution in [1.29, 1.82) is 0 Å². The number of rotatable bonds is 10. The molecule has 3 aromatic rings. The van der Waals surface area contributed by atoms with Gasteiger partial charge in [0.05, 0.1) is 0 Å². The minimum absolute atomic E-state index is 0.0757. The van der Waals surface area contributed by atoms with E-state index in [1.807, 2.05) is 55.6 Å². The van der Waals surface area contributed by atoms with E-state index in [9.17, 15) is 19.5 Å². The summed E-state index contributed by atoms with van der Waals surface area (Å²) in [6.07, 6.45) is 0.173. The lowest BCUT2D eigenvalue weighted by Gasteiger charge is -2.42. The third-order valence-electron chi connectivity index (χ3n) is 5.62. The van der Waals surface area contributed by atoms with Crippen LogP contribution in [-0.2, 0) is 16.0 Å². The van der Waals surface area contributed by atoms with Crippen LogP contribution in [0.3, 0.4) is 0 Å². The maximum atomic E-state index is 13.8. The van der Waals surface area contributed by atoms with E-state index in [1.165, 1.54) is 4.90 Å². The van der Waals surface area contributed by atoms with Gasteiger partial charge in [0.15, 0.2) is 0 Å². The molecule has 0 aliphatic carbocycles. The zero-order valence-corrected chi connectivity index (χ0v) is 20.6. The van der Waals surface area contributed by atoms with Gasteiger partial charge in [-0.1, -0.05) is 41.9 Å². The van der Waals surface area contributed by atoms with Crippen LogP contribution in [-0.4, -0.2) is 39.4 Å². The molecule has 1 heterocycles. The van der Waals surface area contributed by atoms with E-state index in [0.29, 0.717) is 17.0 Å². The number of nitrogens with zero attached hydrogens (tertiary/aromatic N) is 1. The Morgan fingerprint density at radius 2 is 1.71 bits per heavy atom. The Balaban J connectivity index is 1.98. The number of benzene rings is 2. The average molecular weight is 499 g/mol. The highest BCUT2D eigenvalue weighted by atomic mass is 35.5. The Morgan fingerprint density at radius 3 is 2.24 bits per heavy atom. The summed E-state index contributed by atoms with van der Waals surface area (Å²) in [5.41, 5.74) is 6.65. The largest absolute Gasteiger partial charge is 0.480 e. The minimum Gasteiger partial charge on any atom is -0.480 e. The molecule has 0 fully saturated rings. The summed E-state index contributed by atoms with van der Waals surface area (Å²) in [4.78, 5) is 39.9. The van der Waals surface area contributed by atoms with Crippen molar-refractivity contribution < 1.29 is 19.5 Å². The SMILES string of the molecule is CC(C)(Cc1ccc(Cl)cc1)N(C(=O)c1ccc(-c2cccs2)cc1)[C@@H](CCC(N)=O)C(=O)O. The van der Waals surface area contributed by atoms with Crippen molar-refractivity contribution in [3.63, 3.8) is 0 Å². The number of thiophene rings is 1. The highest BCUT2D eigenvalue weighted by Gasteiger charge is 2.40. The molecule has 3 rings (SSSR count). The molecular weight excluding hydrogens is 472 g/mol. The first-order valence-corrected chi connectivity index (χ1v) is 12.1. The number of carboxylic acid groups (broad SMARTS) is 1. The number of hydrogen-bond donors (Lipinski definition) is 2. The summed E-state index contributed by atoms with van der Waals surface area (Å²) < 4.78 is 0. The predicted octanol–water partition coefficient (Wildman–Crippen LogP) is 5.25. The standard InChI is InChI=1S/C26H27ClN2O4S/c1-26(2,16-17-5-11-20(27)12-6-17)29(21(25(32)33)13-14-23(28)30)24(31)19-9-7-18(8-10-19)22-4-3-15-34-22/h3-12,15,21H,13-14,16H2,1-2H3,(H2,28,30)(H,32,33)/t21-/m0/s1. The molecule has 0 radical (unpaired) electrons. The maximum Gasteiger partial charge on any atom is 0.326 e. The van der Waals surface area contributed by atoms with Gasteiger partial charge in [0.25, 0.3) is 5.91 Å². The first-order valence-electron chi connectivity index (χ1n) is 10.8. The summed E-state index contributed by atoms with van der Waals surface area (Å²) in [5.74, 6) is -2.22. The van der Waals surface area contributed by atoms with Crippen molar-refractivity contribution in [1.82, 2.24) is 4.90 Å². The quantitative estimate of drug-likeness (QED) is 0.398. The van der Waals surface area contributed by atoms with Crippen LogP contribution in [0.5, 0.6) is 0 Å². The molecule has 0 aliphatic rings. The van der Waals surface area contributed by atoms with E-state index in [0.717, 1.165) is 16.0 Å². The molecule has 2 amide bonds. The van der Waals surface area contributed by atoms with Crippen LogP contribution in [0.15, 0.2) is 66.0 Å². The lowest BCUT2D eigenvalue weighted by atomic mass is 9.89. The maximum absolute atomic E-state index is 13.8. The van der Waals surface area contributed by atoms with Crippen molar-refractivity contribution in [2.24, 2.45) is 5.73 Å². The Morgan fingerprint density at radius 1 is 1.06 bits per heavy atom. The van der Waals surface area contributed by atoms with Crippen LogP contribution in [0.25, 0.3) is 10.4 Å². The number of carbonyl (C=O) groups excluding carboxylic acids is 2. The van der Waals surface area contributed by atoms with Crippen molar-refractivity contribution in [3.05, 3.63) is 82.2 Å². The Hall–Kier alpha value is -3.16. The summed E-state index contributed by atoms with van der Waals surface area (Å²) in [7, 11) is 0. The van der Waals surface area contributed by atoms with Crippen molar-refractivity contribution in [2.45, 2.75) is 44.7 Å². The van der Waals surface area contributed by atoms with Gasteiger partial charge in [-0.25, -0.2) is 4.79 Å². The molecule has 0 aliphatic heterocycles. The van der Waals surface area contributed by atoms with Crippen molar-refractivity contribution in [3.8, 4) is 10.4 Å². The number of aliphatic carboxylic acids is 1. The minimum atomic E-state index is -1.22. The fourth-order valence-corrected chi connectivity index (χ4v) is 4.89. The molecular formula is C26H27ClN2O4S. The monoisotopic (exact) mass is 498 g/mol. The number of amides is 2. The number of nitrogens with two attached hydrogens (primary N) is 1. The molecule has 34 heavy (non-hydrogen) atoms. The van der Waals surface area contributed by atoms with Crippen LogP contribution in [0, 0.1) is 0 Å². The summed E-state index contributed by atoms with van der Waals surface area (Å²) in [6, 6.07) is 17.0. The van der Waals surface area contributed by atoms with Crippen molar-refractivity contribution >= 4 is 40.7 Å².